The largest absolute Gasteiger partial charge is 0.493 e. The van der Waals surface area contributed by atoms with Crippen molar-refractivity contribution in [2.45, 2.75) is 32.5 Å². The molecule has 1 aromatic heterocycles. The third-order valence-electron chi connectivity index (χ3n) is 4.27. The van der Waals surface area contributed by atoms with Crippen LogP contribution in [0.1, 0.15) is 19.4 Å². The molecule has 1 N–H and O–H groups in total. The number of carbonyl (C=O) groups excluding carboxylic acids is 1. The van der Waals surface area contributed by atoms with Crippen molar-refractivity contribution in [3.05, 3.63) is 53.1 Å². The van der Waals surface area contributed by atoms with Crippen molar-refractivity contribution in [3.63, 3.8) is 0 Å². The molecule has 3 rings (SSSR count). The highest BCUT2D eigenvalue weighted by Crippen LogP contribution is 2.31. The maximum Gasteiger partial charge on any atom is 0.234 e. The number of amides is 1. The van der Waals surface area contributed by atoms with E-state index in [1.807, 2.05) is 55.7 Å². The number of benzene rings is 2. The van der Waals surface area contributed by atoms with Crippen molar-refractivity contribution in [2.24, 2.45) is 0 Å². The number of hydrogen-bond acceptors (Lipinski definition) is 5. The zero-order valence-corrected chi connectivity index (χ0v) is 18.2. The maximum atomic E-state index is 12.4. The fourth-order valence-corrected chi connectivity index (χ4v) is 3.83. The van der Waals surface area contributed by atoms with Crippen LogP contribution in [0.4, 0.5) is 5.69 Å². The normalized spacial score (nSPS) is 10.8. The van der Waals surface area contributed by atoms with Gasteiger partial charge in [-0.2, -0.15) is 0 Å². The number of hydrogen-bond donors (Lipinski definition) is 1. The van der Waals surface area contributed by atoms with Gasteiger partial charge in [-0.1, -0.05) is 41.6 Å². The Hall–Kier alpha value is -2.51. The van der Waals surface area contributed by atoms with E-state index < -0.39 is 0 Å². The number of ether oxygens (including phenoxy) is 1. The Morgan fingerprint density at radius 3 is 2.76 bits per heavy atom. The quantitative estimate of drug-likeness (QED) is 0.506. The summed E-state index contributed by atoms with van der Waals surface area (Å²) in [4.78, 5) is 12.4. The molecule has 0 spiro atoms. The molecule has 0 aliphatic rings. The molecule has 0 atom stereocenters. The topological polar surface area (TPSA) is 69.0 Å². The minimum atomic E-state index is -0.123. The second kappa shape index (κ2) is 9.80. The highest BCUT2D eigenvalue weighted by molar-refractivity contribution is 7.99. The van der Waals surface area contributed by atoms with Crippen LogP contribution in [0.15, 0.2) is 47.6 Å². The Balaban J connectivity index is 1.74. The number of nitrogens with zero attached hydrogens (tertiary/aromatic N) is 3. The van der Waals surface area contributed by atoms with Crippen molar-refractivity contribution in [3.8, 4) is 17.1 Å². The SMILES string of the molecule is CCOc1ccccc1-c1nnc(SCC(=O)Nc2cc(Cl)ccc2C)n1CC. The molecule has 29 heavy (non-hydrogen) atoms. The molecule has 0 bridgehead atoms. The van der Waals surface area contributed by atoms with Gasteiger partial charge in [-0.25, -0.2) is 0 Å². The highest BCUT2D eigenvalue weighted by Gasteiger charge is 2.17. The summed E-state index contributed by atoms with van der Waals surface area (Å²) in [5.74, 6) is 1.59. The summed E-state index contributed by atoms with van der Waals surface area (Å²) in [6.45, 7) is 7.15. The number of nitrogens with one attached hydrogen (secondary N) is 1. The smallest absolute Gasteiger partial charge is 0.234 e. The van der Waals surface area contributed by atoms with E-state index in [0.717, 1.165) is 22.7 Å². The Morgan fingerprint density at radius 1 is 1.21 bits per heavy atom. The van der Waals surface area contributed by atoms with Gasteiger partial charge in [0, 0.05) is 17.3 Å². The van der Waals surface area contributed by atoms with Gasteiger partial charge in [0.15, 0.2) is 11.0 Å². The van der Waals surface area contributed by atoms with Crippen molar-refractivity contribution < 1.29 is 9.53 Å². The molecule has 6 nitrogen and oxygen atoms in total. The number of para-hydroxylation sites is 1. The van der Waals surface area contributed by atoms with Gasteiger partial charge < -0.3 is 14.6 Å². The van der Waals surface area contributed by atoms with Gasteiger partial charge in [-0.15, -0.1) is 10.2 Å². The first-order valence-electron chi connectivity index (χ1n) is 9.37. The van der Waals surface area contributed by atoms with Gasteiger partial charge in [-0.3, -0.25) is 4.79 Å². The van der Waals surface area contributed by atoms with Gasteiger partial charge in [0.2, 0.25) is 5.91 Å². The lowest BCUT2D eigenvalue weighted by Gasteiger charge is -2.11. The van der Waals surface area contributed by atoms with E-state index in [2.05, 4.69) is 15.5 Å². The summed E-state index contributed by atoms with van der Waals surface area (Å²) < 4.78 is 7.71. The first kappa shape index (κ1) is 21.2. The molecule has 0 saturated heterocycles. The van der Waals surface area contributed by atoms with E-state index >= 15 is 0 Å². The van der Waals surface area contributed by atoms with E-state index in [1.165, 1.54) is 11.8 Å². The number of thioether (sulfide) groups is 1. The minimum Gasteiger partial charge on any atom is -0.493 e. The van der Waals surface area contributed by atoms with Gasteiger partial charge in [0.25, 0.3) is 0 Å². The molecule has 1 amide bonds. The van der Waals surface area contributed by atoms with Gasteiger partial charge in [-0.05, 0) is 50.6 Å². The molecule has 2 aromatic carbocycles. The van der Waals surface area contributed by atoms with Crippen LogP contribution < -0.4 is 10.1 Å². The monoisotopic (exact) mass is 430 g/mol. The van der Waals surface area contributed by atoms with Crippen molar-refractivity contribution in [1.82, 2.24) is 14.8 Å². The average molecular weight is 431 g/mol. The number of halogens is 1. The van der Waals surface area contributed by atoms with Crippen LogP contribution in [0, 0.1) is 6.92 Å². The standard InChI is InChI=1S/C21H23ClN4O2S/c1-4-26-20(16-8-6-7-9-18(16)28-5-2)24-25-21(26)29-13-19(27)23-17-12-15(22)11-10-14(17)3/h6-12H,4-5,13H2,1-3H3,(H,23,27). The Bertz CT molecular complexity index is 1010. The van der Waals surface area contributed by atoms with Crippen molar-refractivity contribution in [2.75, 3.05) is 17.7 Å². The minimum absolute atomic E-state index is 0.123. The number of carbonyl (C=O) groups is 1. The molecule has 8 heteroatoms. The number of rotatable bonds is 8. The molecule has 152 valence electrons. The van der Waals surface area contributed by atoms with Crippen LogP contribution in [0.3, 0.4) is 0 Å². The molecule has 0 saturated carbocycles. The lowest BCUT2D eigenvalue weighted by Crippen LogP contribution is -2.15. The lowest BCUT2D eigenvalue weighted by molar-refractivity contribution is -0.113. The molecule has 3 aromatic rings. The predicted molar refractivity (Wildman–Crippen MR) is 118 cm³/mol. The summed E-state index contributed by atoms with van der Waals surface area (Å²) in [5.41, 5.74) is 2.56. The average Bonchev–Trinajstić information content (AvgIpc) is 3.12. The summed E-state index contributed by atoms with van der Waals surface area (Å²) in [6.07, 6.45) is 0. The molecule has 0 aliphatic heterocycles. The summed E-state index contributed by atoms with van der Waals surface area (Å²) >= 11 is 7.37. The van der Waals surface area contributed by atoms with E-state index in [9.17, 15) is 4.79 Å². The van der Waals surface area contributed by atoms with Crippen LogP contribution in [0.5, 0.6) is 5.75 Å². The molecular weight excluding hydrogens is 408 g/mol. The summed E-state index contributed by atoms with van der Waals surface area (Å²) in [6, 6.07) is 13.2. The second-order valence-corrected chi connectivity index (χ2v) is 7.65. The zero-order chi connectivity index (χ0) is 20.8. The maximum absolute atomic E-state index is 12.4. The van der Waals surface area contributed by atoms with Gasteiger partial charge in [0.1, 0.15) is 5.75 Å². The van der Waals surface area contributed by atoms with Gasteiger partial charge in [0.05, 0.1) is 17.9 Å². The van der Waals surface area contributed by atoms with Crippen LogP contribution in [0.2, 0.25) is 5.02 Å². The first-order valence-corrected chi connectivity index (χ1v) is 10.7. The third kappa shape index (κ3) is 5.10. The van der Waals surface area contributed by atoms with E-state index in [4.69, 9.17) is 16.3 Å². The number of anilines is 1. The molecule has 0 unspecified atom stereocenters. The van der Waals surface area contributed by atoms with Crippen LogP contribution in [0.25, 0.3) is 11.4 Å². The highest BCUT2D eigenvalue weighted by atomic mass is 35.5. The number of aryl methyl sites for hydroxylation is 1. The fraction of sp³-hybridized carbons (Fsp3) is 0.286. The fourth-order valence-electron chi connectivity index (χ4n) is 2.86. The summed E-state index contributed by atoms with van der Waals surface area (Å²) in [5, 5.41) is 12.8. The predicted octanol–water partition coefficient (Wildman–Crippen LogP) is 5.06. The van der Waals surface area contributed by atoms with E-state index in [1.54, 1.807) is 12.1 Å². The first-order chi connectivity index (χ1) is 14.0. The molecule has 0 radical (unpaired) electrons. The number of aromatic nitrogens is 3. The van der Waals surface area contributed by atoms with E-state index in [-0.39, 0.29) is 11.7 Å². The molecular formula is C21H23ClN4O2S. The lowest BCUT2D eigenvalue weighted by atomic mass is 10.2. The van der Waals surface area contributed by atoms with Crippen LogP contribution >= 0.6 is 23.4 Å². The van der Waals surface area contributed by atoms with Crippen molar-refractivity contribution in [1.29, 1.82) is 0 Å². The second-order valence-electron chi connectivity index (χ2n) is 6.28. The van der Waals surface area contributed by atoms with Crippen molar-refractivity contribution >= 4 is 35.0 Å². The van der Waals surface area contributed by atoms with Crippen LogP contribution in [-0.2, 0) is 11.3 Å². The Labute approximate surface area is 179 Å². The molecule has 1 heterocycles. The molecule has 0 aliphatic carbocycles. The summed E-state index contributed by atoms with van der Waals surface area (Å²) in [7, 11) is 0. The Kier molecular flexibility index (Phi) is 7.17. The van der Waals surface area contributed by atoms with Crippen LogP contribution in [-0.4, -0.2) is 33.0 Å². The van der Waals surface area contributed by atoms with E-state index in [0.29, 0.717) is 29.0 Å². The van der Waals surface area contributed by atoms with Gasteiger partial charge >= 0.3 is 0 Å². The zero-order valence-electron chi connectivity index (χ0n) is 16.6. The molecule has 0 fully saturated rings. The Morgan fingerprint density at radius 2 is 2.00 bits per heavy atom. The third-order valence-corrected chi connectivity index (χ3v) is 5.47.